The van der Waals surface area contributed by atoms with Crippen molar-refractivity contribution in [1.82, 2.24) is 0 Å². The fourth-order valence-corrected chi connectivity index (χ4v) is 1.55. The molecule has 2 rings (SSSR count). The van der Waals surface area contributed by atoms with E-state index in [1.54, 1.807) is 0 Å². The van der Waals surface area contributed by atoms with Gasteiger partial charge in [-0.2, -0.15) is 0 Å². The van der Waals surface area contributed by atoms with Crippen molar-refractivity contribution in [2.24, 2.45) is 5.73 Å². The lowest BCUT2D eigenvalue weighted by molar-refractivity contribution is -0.120. The van der Waals surface area contributed by atoms with Gasteiger partial charge in [-0.3, -0.25) is 9.59 Å². The van der Waals surface area contributed by atoms with Crippen LogP contribution in [0.2, 0.25) is 0 Å². The van der Waals surface area contributed by atoms with Crippen LogP contribution in [-0.4, -0.2) is 18.4 Å². The van der Waals surface area contributed by atoms with Crippen molar-refractivity contribution >= 4 is 17.5 Å². The first kappa shape index (κ1) is 10.4. The molecule has 0 aliphatic carbocycles. The van der Waals surface area contributed by atoms with Gasteiger partial charge in [-0.15, -0.1) is 0 Å². The molecule has 0 bridgehead atoms. The topological polar surface area (TPSA) is 63.4 Å². The van der Waals surface area contributed by atoms with E-state index in [-0.39, 0.29) is 17.9 Å². The van der Waals surface area contributed by atoms with Gasteiger partial charge < -0.3 is 10.6 Å². The van der Waals surface area contributed by atoms with Crippen molar-refractivity contribution in [2.45, 2.75) is 0 Å². The van der Waals surface area contributed by atoms with Gasteiger partial charge >= 0.3 is 0 Å². The van der Waals surface area contributed by atoms with E-state index in [1.807, 2.05) is 0 Å². The number of rotatable bonds is 2. The summed E-state index contributed by atoms with van der Waals surface area (Å²) in [5.74, 6) is -1.56. The van der Waals surface area contributed by atoms with E-state index < -0.39 is 11.8 Å². The summed E-state index contributed by atoms with van der Waals surface area (Å²) in [5.41, 5.74) is 5.55. The summed E-state index contributed by atoms with van der Waals surface area (Å²) < 4.78 is 12.7. The van der Waals surface area contributed by atoms with Crippen LogP contribution in [0.15, 0.2) is 35.9 Å². The summed E-state index contributed by atoms with van der Waals surface area (Å²) in [6, 6.07) is 5.46. The molecule has 0 unspecified atom stereocenters. The second-order valence-corrected chi connectivity index (χ2v) is 3.37. The van der Waals surface area contributed by atoms with E-state index in [0.717, 1.165) is 0 Å². The van der Waals surface area contributed by atoms with Crippen molar-refractivity contribution in [3.05, 3.63) is 41.7 Å². The minimum Gasteiger partial charge on any atom is -0.365 e. The summed E-state index contributed by atoms with van der Waals surface area (Å²) in [6.07, 6.45) is 1.47. The molecule has 2 N–H and O–H groups in total. The quantitative estimate of drug-likeness (QED) is 0.741. The summed E-state index contributed by atoms with van der Waals surface area (Å²) in [6.45, 7) is 0.280. The van der Waals surface area contributed by atoms with Gasteiger partial charge in [0.2, 0.25) is 0 Å². The van der Waals surface area contributed by atoms with Gasteiger partial charge in [0, 0.05) is 12.2 Å². The number of benzene rings is 1. The molecule has 0 atom stereocenters. The maximum atomic E-state index is 12.7. The van der Waals surface area contributed by atoms with Crippen molar-refractivity contribution in [3.8, 4) is 0 Å². The first-order valence-electron chi connectivity index (χ1n) is 4.67. The van der Waals surface area contributed by atoms with E-state index in [0.29, 0.717) is 5.69 Å². The molecule has 4 nitrogen and oxygen atoms in total. The third-order valence-electron chi connectivity index (χ3n) is 2.36. The number of nitrogens with zero attached hydrogens (tertiary/aromatic N) is 1. The molecule has 16 heavy (non-hydrogen) atoms. The molecule has 1 aliphatic rings. The van der Waals surface area contributed by atoms with E-state index in [9.17, 15) is 14.0 Å². The lowest BCUT2D eigenvalue weighted by atomic mass is 10.2. The van der Waals surface area contributed by atoms with Gasteiger partial charge in [-0.25, -0.2) is 4.39 Å². The molecule has 0 saturated heterocycles. The summed E-state index contributed by atoms with van der Waals surface area (Å²) in [5, 5.41) is 0. The third kappa shape index (κ3) is 1.67. The Kier molecular flexibility index (Phi) is 2.44. The molecule has 0 saturated carbocycles. The third-order valence-corrected chi connectivity index (χ3v) is 2.36. The lowest BCUT2D eigenvalue weighted by Gasteiger charge is -2.15. The maximum Gasteiger partial charge on any atom is 0.263 e. The van der Waals surface area contributed by atoms with Crippen LogP contribution in [0, 0.1) is 5.82 Å². The van der Waals surface area contributed by atoms with Crippen LogP contribution in [0.5, 0.6) is 0 Å². The Balaban J connectivity index is 2.24. The van der Waals surface area contributed by atoms with Gasteiger partial charge in [-0.1, -0.05) is 0 Å². The Morgan fingerprint density at radius 1 is 1.31 bits per heavy atom. The Hall–Kier alpha value is -2.17. The number of primary amides is 1. The molecule has 0 fully saturated rings. The molecule has 1 aromatic rings. The highest BCUT2D eigenvalue weighted by molar-refractivity contribution is 6.25. The fourth-order valence-electron chi connectivity index (χ4n) is 1.55. The van der Waals surface area contributed by atoms with Gasteiger partial charge in [0.25, 0.3) is 11.8 Å². The monoisotopic (exact) mass is 220 g/mol. The molecule has 1 heterocycles. The van der Waals surface area contributed by atoms with E-state index in [4.69, 9.17) is 5.73 Å². The second-order valence-electron chi connectivity index (χ2n) is 3.37. The smallest absolute Gasteiger partial charge is 0.263 e. The van der Waals surface area contributed by atoms with E-state index in [2.05, 4.69) is 0 Å². The Labute approximate surface area is 91.1 Å². The van der Waals surface area contributed by atoms with Crippen molar-refractivity contribution < 1.29 is 14.0 Å². The molecule has 1 aliphatic heterocycles. The van der Waals surface area contributed by atoms with Crippen LogP contribution < -0.4 is 10.6 Å². The zero-order valence-corrected chi connectivity index (χ0v) is 8.31. The van der Waals surface area contributed by atoms with Gasteiger partial charge in [0.1, 0.15) is 11.4 Å². The molecule has 5 heteroatoms. The number of halogens is 1. The van der Waals surface area contributed by atoms with Crippen LogP contribution in [0.1, 0.15) is 0 Å². The summed E-state index contributed by atoms with van der Waals surface area (Å²) in [4.78, 5) is 23.9. The minimum absolute atomic E-state index is 0.0238. The number of hydrogen-bond acceptors (Lipinski definition) is 2. The average Bonchev–Trinajstić information content (AvgIpc) is 2.61. The molecule has 1 aromatic carbocycles. The van der Waals surface area contributed by atoms with Crippen molar-refractivity contribution in [3.63, 3.8) is 0 Å². The van der Waals surface area contributed by atoms with E-state index in [1.165, 1.54) is 35.2 Å². The highest BCUT2D eigenvalue weighted by atomic mass is 19.1. The molecule has 0 spiro atoms. The number of amides is 2. The molecule has 0 aromatic heterocycles. The number of carbonyl (C=O) groups is 2. The number of nitrogens with two attached hydrogens (primary N) is 1. The van der Waals surface area contributed by atoms with E-state index >= 15 is 0 Å². The highest BCUT2D eigenvalue weighted by Gasteiger charge is 2.28. The molecule has 0 radical (unpaired) electrons. The first-order chi connectivity index (χ1) is 7.59. The number of hydrogen-bond donors (Lipinski definition) is 1. The Bertz CT molecular complexity index is 479. The van der Waals surface area contributed by atoms with Crippen molar-refractivity contribution in [2.75, 3.05) is 11.4 Å². The second kappa shape index (κ2) is 3.77. The van der Waals surface area contributed by atoms with Crippen LogP contribution in [0.25, 0.3) is 0 Å². The molecular weight excluding hydrogens is 211 g/mol. The largest absolute Gasteiger partial charge is 0.365 e. The standard InChI is InChI=1S/C11H9FN2O2/c12-7-1-3-8(4-2-7)14-6-5-9(10(13)15)11(14)16/h1-5H,6H2,(H2,13,15). The van der Waals surface area contributed by atoms with Crippen LogP contribution in [0.3, 0.4) is 0 Å². The van der Waals surface area contributed by atoms with Crippen LogP contribution in [0.4, 0.5) is 10.1 Å². The zero-order chi connectivity index (χ0) is 11.7. The van der Waals surface area contributed by atoms with Crippen molar-refractivity contribution in [1.29, 1.82) is 0 Å². The average molecular weight is 220 g/mol. The number of anilines is 1. The van der Waals surface area contributed by atoms with Gasteiger partial charge in [0.15, 0.2) is 0 Å². The molecule has 2 amide bonds. The maximum absolute atomic E-state index is 12.7. The predicted molar refractivity (Wildman–Crippen MR) is 56.0 cm³/mol. The molecular formula is C11H9FN2O2. The van der Waals surface area contributed by atoms with Crippen LogP contribution >= 0.6 is 0 Å². The summed E-state index contributed by atoms with van der Waals surface area (Å²) >= 11 is 0. The number of carbonyl (C=O) groups excluding carboxylic acids is 2. The normalized spacial score (nSPS) is 15.2. The fraction of sp³-hybridized carbons (Fsp3) is 0.0909. The predicted octanol–water partition coefficient (Wildman–Crippen LogP) is 0.584. The Morgan fingerprint density at radius 3 is 2.44 bits per heavy atom. The van der Waals surface area contributed by atoms with Gasteiger partial charge in [0.05, 0.1) is 0 Å². The summed E-state index contributed by atoms with van der Waals surface area (Å²) in [7, 11) is 0. The SMILES string of the molecule is NC(=O)C1=CCN(c2ccc(F)cc2)C1=O. The van der Waals surface area contributed by atoms with Crippen LogP contribution in [-0.2, 0) is 9.59 Å². The minimum atomic E-state index is -0.741. The van der Waals surface area contributed by atoms with Gasteiger partial charge in [-0.05, 0) is 30.3 Å². The highest BCUT2D eigenvalue weighted by Crippen LogP contribution is 2.21. The lowest BCUT2D eigenvalue weighted by Crippen LogP contribution is -2.30. The molecule has 82 valence electrons. The Morgan fingerprint density at radius 2 is 1.94 bits per heavy atom. The zero-order valence-electron chi connectivity index (χ0n) is 8.31. The first-order valence-corrected chi connectivity index (χ1v) is 4.67.